The number of nitrogens with zero attached hydrogens (tertiary/aromatic N) is 8. The molecule has 0 amide bonds. The summed E-state index contributed by atoms with van der Waals surface area (Å²) in [5, 5.41) is 40.2. The van der Waals surface area contributed by atoms with Crippen LogP contribution in [0.3, 0.4) is 0 Å². The average Bonchev–Trinajstić information content (AvgIpc) is 3.67. The second-order valence-electron chi connectivity index (χ2n) is 9.40. The number of hydrogen-bond donors (Lipinski definition) is 1. The maximum Gasteiger partial charge on any atom is 2.00 e. The molecule has 6 heterocycles. The van der Waals surface area contributed by atoms with Crippen LogP contribution in [0, 0.1) is 11.3 Å². The van der Waals surface area contributed by atoms with E-state index in [1.807, 2.05) is 12.2 Å². The van der Waals surface area contributed by atoms with Gasteiger partial charge in [0.05, 0.1) is 6.07 Å². The summed E-state index contributed by atoms with van der Waals surface area (Å²) in [5.41, 5.74) is 0.972. The maximum atomic E-state index is 7.32. The van der Waals surface area contributed by atoms with Crippen molar-refractivity contribution in [3.05, 3.63) is 64.0 Å². The van der Waals surface area contributed by atoms with Gasteiger partial charge in [0.15, 0.2) is 0 Å². The summed E-state index contributed by atoms with van der Waals surface area (Å²) in [6.45, 7) is 7.93. The number of piperidine rings is 3. The molecule has 0 atom stereocenters. The first-order valence-electron chi connectivity index (χ1n) is 13.3. The van der Waals surface area contributed by atoms with Crippen molar-refractivity contribution in [3.8, 4) is 6.07 Å². The molecular weight excluding hydrogens is 611 g/mol. The predicted octanol–water partition coefficient (Wildman–Crippen LogP) is 5.63. The van der Waals surface area contributed by atoms with Crippen LogP contribution in [-0.4, -0.2) is 66.2 Å². The van der Waals surface area contributed by atoms with E-state index in [1.54, 1.807) is 12.3 Å². The molecule has 1 radical (unpaired) electrons. The second-order valence-corrected chi connectivity index (χ2v) is 9.40. The third-order valence-electron chi connectivity index (χ3n) is 6.85. The fourth-order valence-electron chi connectivity index (χ4n) is 4.73. The summed E-state index contributed by atoms with van der Waals surface area (Å²) < 4.78 is 11.6. The molecule has 14 heteroatoms. The molecule has 0 aromatic carbocycles. The van der Waals surface area contributed by atoms with Crippen molar-refractivity contribution < 1.29 is 43.0 Å². The smallest absolute Gasteiger partial charge is 0.693 e. The molecular formula is C26H38Cu2N10O2-. The number of rotatable bonds is 4. The molecule has 3 saturated heterocycles. The Hall–Kier alpha value is -2.07. The number of allylic oxidation sites excluding steroid dienone is 2. The van der Waals surface area contributed by atoms with Gasteiger partial charge in [0, 0.05) is 30.3 Å². The Labute approximate surface area is 257 Å². The van der Waals surface area contributed by atoms with E-state index in [4.69, 9.17) is 14.1 Å². The SMILES string of the molecule is C1=CC(c2nnc(C3CC[N-]CC3)o2)=CC[N-]1.C1CC(c2nnc(C3CCNCC3)o2)CC[N-]1.CC#N.[Cu+2].[Cu+].[NH2-]. The Kier molecular flexibility index (Phi) is 17.9. The zero-order valence-electron chi connectivity index (χ0n) is 22.7. The van der Waals surface area contributed by atoms with Crippen LogP contribution in [0.25, 0.3) is 27.7 Å². The monoisotopic (exact) mass is 648 g/mol. The van der Waals surface area contributed by atoms with E-state index in [0.717, 1.165) is 101 Å². The Morgan fingerprint density at radius 3 is 1.80 bits per heavy atom. The molecule has 6 rings (SSSR count). The fourth-order valence-corrected chi connectivity index (χ4v) is 4.73. The van der Waals surface area contributed by atoms with Gasteiger partial charge in [-0.2, -0.15) is 11.5 Å². The van der Waals surface area contributed by atoms with Crippen LogP contribution in [0.4, 0.5) is 0 Å². The van der Waals surface area contributed by atoms with Gasteiger partial charge in [0.25, 0.3) is 0 Å². The minimum absolute atomic E-state index is 0. The van der Waals surface area contributed by atoms with Crippen molar-refractivity contribution in [2.45, 2.75) is 63.2 Å². The minimum atomic E-state index is 0. The third-order valence-corrected chi connectivity index (χ3v) is 6.85. The van der Waals surface area contributed by atoms with Crippen LogP contribution in [0.15, 0.2) is 27.2 Å². The zero-order chi connectivity index (χ0) is 25.7. The van der Waals surface area contributed by atoms with E-state index < -0.39 is 0 Å². The van der Waals surface area contributed by atoms with Crippen LogP contribution in [0.1, 0.15) is 86.8 Å². The van der Waals surface area contributed by atoms with Crippen molar-refractivity contribution >= 4 is 5.57 Å². The predicted molar refractivity (Wildman–Crippen MR) is 145 cm³/mol. The first-order chi connectivity index (χ1) is 18.3. The zero-order valence-corrected chi connectivity index (χ0v) is 24.6. The quantitative estimate of drug-likeness (QED) is 0.412. The van der Waals surface area contributed by atoms with Gasteiger partial charge in [-0.15, -0.1) is 53.1 Å². The van der Waals surface area contributed by atoms with E-state index in [0.29, 0.717) is 30.2 Å². The topological polar surface area (TPSA) is 189 Å². The van der Waals surface area contributed by atoms with Crippen LogP contribution in [-0.2, 0) is 34.1 Å². The summed E-state index contributed by atoms with van der Waals surface area (Å²) >= 11 is 0. The summed E-state index contributed by atoms with van der Waals surface area (Å²) in [7, 11) is 0. The first kappa shape index (κ1) is 36.0. The second kappa shape index (κ2) is 19.9. The Bertz CT molecular complexity index is 1020. The molecule has 0 spiro atoms. The van der Waals surface area contributed by atoms with Gasteiger partial charge in [-0.05, 0) is 25.9 Å². The molecule has 12 nitrogen and oxygen atoms in total. The van der Waals surface area contributed by atoms with Crippen molar-refractivity contribution in [1.82, 2.24) is 25.7 Å². The Balaban J connectivity index is 0.000000341. The number of hydrogen-bond acceptors (Lipinski definition) is 8. The van der Waals surface area contributed by atoms with E-state index >= 15 is 0 Å². The molecule has 3 N–H and O–H groups in total. The molecule has 4 aliphatic heterocycles. The maximum absolute atomic E-state index is 7.32. The van der Waals surface area contributed by atoms with E-state index in [1.165, 1.54) is 6.92 Å². The fraction of sp³-hybridized carbons (Fsp3) is 0.654. The van der Waals surface area contributed by atoms with E-state index in [9.17, 15) is 0 Å². The standard InChI is InChI=1S/C12H19N4O.C12H14N4O.C2H3N.2Cu.H2N/c2*1-5-13-6-2-9(1)11-15-16-12(17-11)10-3-7-14-8-4-10;1-2-3;;;/h9-10,13H,1-8H2;1-2,5,10H,3-4,6-8H2;1H3;;;1H2/q-1;-2;;+1;+2;-1. The summed E-state index contributed by atoms with van der Waals surface area (Å²) in [6, 6.07) is 1.75. The Morgan fingerprint density at radius 2 is 1.30 bits per heavy atom. The molecule has 0 aliphatic carbocycles. The summed E-state index contributed by atoms with van der Waals surface area (Å²) in [4.78, 5) is 0. The molecule has 0 bridgehead atoms. The van der Waals surface area contributed by atoms with E-state index in [2.05, 4.69) is 41.7 Å². The minimum Gasteiger partial charge on any atom is -0.693 e. The Morgan fingerprint density at radius 1 is 0.825 bits per heavy atom. The third kappa shape index (κ3) is 10.7. The van der Waals surface area contributed by atoms with Crippen molar-refractivity contribution in [2.75, 3.05) is 45.8 Å². The van der Waals surface area contributed by atoms with Gasteiger partial charge in [0.2, 0.25) is 23.6 Å². The van der Waals surface area contributed by atoms with Gasteiger partial charge in [-0.1, -0.05) is 37.8 Å². The van der Waals surface area contributed by atoms with Crippen molar-refractivity contribution in [2.24, 2.45) is 0 Å². The van der Waals surface area contributed by atoms with Crippen molar-refractivity contribution in [1.29, 1.82) is 5.26 Å². The number of nitrogens with one attached hydrogen (secondary N) is 1. The van der Waals surface area contributed by atoms with Gasteiger partial charge >= 0.3 is 34.1 Å². The number of nitriles is 1. The molecule has 2 aromatic heterocycles. The molecule has 3 fully saturated rings. The molecule has 40 heavy (non-hydrogen) atoms. The molecule has 0 unspecified atom stereocenters. The molecule has 227 valence electrons. The number of nitrogens with two attached hydrogens (primary N) is 1. The average molecular weight is 650 g/mol. The first-order valence-corrected chi connectivity index (χ1v) is 13.3. The van der Waals surface area contributed by atoms with E-state index in [-0.39, 0.29) is 40.3 Å². The van der Waals surface area contributed by atoms with Gasteiger partial charge in [-0.25, -0.2) is 0 Å². The van der Waals surface area contributed by atoms with Crippen molar-refractivity contribution in [3.63, 3.8) is 0 Å². The van der Waals surface area contributed by atoms with Crippen LogP contribution in [0.5, 0.6) is 0 Å². The number of aromatic nitrogens is 4. The van der Waals surface area contributed by atoms with Gasteiger partial charge in [0.1, 0.15) is 0 Å². The van der Waals surface area contributed by atoms with Crippen LogP contribution >= 0.6 is 0 Å². The molecule has 0 saturated carbocycles. The summed E-state index contributed by atoms with van der Waals surface area (Å²) in [5.74, 6) is 4.34. The largest absolute Gasteiger partial charge is 2.00 e. The van der Waals surface area contributed by atoms with Gasteiger partial charge in [-0.3, -0.25) is 0 Å². The molecule has 2 aromatic rings. The summed E-state index contributed by atoms with van der Waals surface area (Å²) in [6.07, 6.45) is 12.1. The van der Waals surface area contributed by atoms with Gasteiger partial charge < -0.3 is 36.3 Å². The molecule has 4 aliphatic rings. The normalized spacial score (nSPS) is 19.4. The van der Waals surface area contributed by atoms with Crippen LogP contribution in [0.2, 0.25) is 0 Å². The van der Waals surface area contributed by atoms with Crippen LogP contribution < -0.4 is 5.32 Å².